The molecule has 6 heteroatoms. The third kappa shape index (κ3) is 4.73. The first-order valence-corrected chi connectivity index (χ1v) is 5.42. The van der Waals surface area contributed by atoms with E-state index in [2.05, 4.69) is 5.32 Å². The Balaban J connectivity index is 2.42. The van der Waals surface area contributed by atoms with Gasteiger partial charge in [-0.2, -0.15) is 0 Å². The number of aliphatic carboxylic acids is 1. The number of nitrogens with zero attached hydrogens (tertiary/aromatic N) is 1. The van der Waals surface area contributed by atoms with Crippen molar-refractivity contribution in [2.75, 3.05) is 30.9 Å². The lowest BCUT2D eigenvalue weighted by Crippen LogP contribution is -2.16. The van der Waals surface area contributed by atoms with Crippen molar-refractivity contribution < 1.29 is 19.4 Å². The molecule has 0 atom stereocenters. The minimum atomic E-state index is -1.00. The van der Waals surface area contributed by atoms with E-state index in [0.717, 1.165) is 5.69 Å². The highest BCUT2D eigenvalue weighted by molar-refractivity contribution is 5.85. The van der Waals surface area contributed by atoms with Gasteiger partial charge in [-0.25, -0.2) is 4.79 Å². The van der Waals surface area contributed by atoms with E-state index >= 15 is 0 Å². The number of benzene rings is 1. The zero-order chi connectivity index (χ0) is 13.5. The highest BCUT2D eigenvalue weighted by Crippen LogP contribution is 2.15. The van der Waals surface area contributed by atoms with Crippen LogP contribution in [0, 0.1) is 0 Å². The summed E-state index contributed by atoms with van der Waals surface area (Å²) in [4.78, 5) is 23.4. The first-order chi connectivity index (χ1) is 8.49. The van der Waals surface area contributed by atoms with E-state index in [1.165, 1.54) is 0 Å². The van der Waals surface area contributed by atoms with Crippen LogP contribution in [0.3, 0.4) is 0 Å². The average Bonchev–Trinajstić information content (AvgIpc) is 2.29. The molecule has 0 fully saturated rings. The van der Waals surface area contributed by atoms with Crippen molar-refractivity contribution in [2.24, 2.45) is 0 Å². The number of hydrogen-bond donors (Lipinski definition) is 2. The molecule has 2 N–H and O–H groups in total. The normalized spacial score (nSPS) is 9.67. The van der Waals surface area contributed by atoms with Crippen molar-refractivity contribution in [1.29, 1.82) is 0 Å². The number of amides is 1. The number of ether oxygens (including phenoxy) is 1. The molecule has 6 nitrogen and oxygen atoms in total. The Morgan fingerprint density at radius 2 is 1.89 bits per heavy atom. The molecule has 0 unspecified atom stereocenters. The number of hydrogen-bond acceptors (Lipinski definition) is 4. The Kier molecular flexibility index (Phi) is 4.98. The van der Waals surface area contributed by atoms with Gasteiger partial charge in [-0.3, -0.25) is 10.1 Å². The fraction of sp³-hybridized carbons (Fsp3) is 0.333. The molecule has 0 saturated heterocycles. The Morgan fingerprint density at radius 3 is 2.39 bits per heavy atom. The number of carbonyl (C=O) groups excluding carboxylic acids is 1. The van der Waals surface area contributed by atoms with Gasteiger partial charge in [0.25, 0.3) is 0 Å². The summed E-state index contributed by atoms with van der Waals surface area (Å²) in [5.41, 5.74) is 1.61. The molecule has 1 amide bonds. The first kappa shape index (κ1) is 13.8. The largest absolute Gasteiger partial charge is 0.481 e. The second-order valence-corrected chi connectivity index (χ2v) is 3.85. The molecule has 0 aliphatic carbocycles. The minimum absolute atomic E-state index is 0.142. The molecule has 1 rings (SSSR count). The van der Waals surface area contributed by atoms with Gasteiger partial charge < -0.3 is 14.7 Å². The van der Waals surface area contributed by atoms with Crippen molar-refractivity contribution in [2.45, 2.75) is 6.42 Å². The lowest BCUT2D eigenvalue weighted by Gasteiger charge is -2.13. The fourth-order valence-corrected chi connectivity index (χ4v) is 1.23. The van der Waals surface area contributed by atoms with Crippen molar-refractivity contribution in [3.05, 3.63) is 24.3 Å². The van der Waals surface area contributed by atoms with Crippen LogP contribution < -0.4 is 10.2 Å². The third-order valence-electron chi connectivity index (χ3n) is 2.18. The zero-order valence-electron chi connectivity index (χ0n) is 10.3. The quantitative estimate of drug-likeness (QED) is 0.835. The number of carboxylic acid groups (broad SMARTS) is 1. The Labute approximate surface area is 105 Å². The topological polar surface area (TPSA) is 78.9 Å². The maximum absolute atomic E-state index is 11.3. The van der Waals surface area contributed by atoms with Crippen LogP contribution in [0.15, 0.2) is 24.3 Å². The van der Waals surface area contributed by atoms with Gasteiger partial charge >= 0.3 is 12.1 Å². The molecule has 18 heavy (non-hydrogen) atoms. The predicted octanol–water partition coefficient (Wildman–Crippen LogP) is 1.78. The lowest BCUT2D eigenvalue weighted by atomic mass is 10.2. The molecule has 1 aromatic carbocycles. The molecule has 98 valence electrons. The van der Waals surface area contributed by atoms with E-state index in [1.807, 2.05) is 31.1 Å². The van der Waals surface area contributed by atoms with E-state index in [4.69, 9.17) is 9.84 Å². The summed E-state index contributed by atoms with van der Waals surface area (Å²) >= 11 is 0. The molecular weight excluding hydrogens is 236 g/mol. The fourth-order valence-electron chi connectivity index (χ4n) is 1.23. The monoisotopic (exact) mass is 252 g/mol. The summed E-state index contributed by atoms with van der Waals surface area (Å²) in [6.45, 7) is -0.142. The van der Waals surface area contributed by atoms with Gasteiger partial charge in [0.15, 0.2) is 0 Å². The zero-order valence-corrected chi connectivity index (χ0v) is 10.3. The molecule has 0 spiro atoms. The van der Waals surface area contributed by atoms with Crippen LogP contribution in [-0.4, -0.2) is 37.9 Å². The van der Waals surface area contributed by atoms with E-state index in [0.29, 0.717) is 5.69 Å². The summed E-state index contributed by atoms with van der Waals surface area (Å²) in [7, 11) is 3.84. The average molecular weight is 252 g/mol. The SMILES string of the molecule is CN(C)c1ccc(NC(=O)OCCC(=O)O)cc1. The van der Waals surface area contributed by atoms with E-state index < -0.39 is 12.1 Å². The molecule has 0 aromatic heterocycles. The van der Waals surface area contributed by atoms with Crippen LogP contribution in [0.1, 0.15) is 6.42 Å². The van der Waals surface area contributed by atoms with Gasteiger partial charge in [0.2, 0.25) is 0 Å². The molecule has 0 bridgehead atoms. The molecular formula is C12H16N2O4. The Bertz CT molecular complexity index is 415. The maximum Gasteiger partial charge on any atom is 0.411 e. The molecule has 0 heterocycles. The van der Waals surface area contributed by atoms with Crippen LogP contribution in [0.5, 0.6) is 0 Å². The number of nitrogens with one attached hydrogen (secondary N) is 1. The molecule has 0 saturated carbocycles. The van der Waals surface area contributed by atoms with Crippen molar-refractivity contribution in [3.63, 3.8) is 0 Å². The van der Waals surface area contributed by atoms with Gasteiger partial charge in [-0.15, -0.1) is 0 Å². The number of rotatable bonds is 5. The number of carbonyl (C=O) groups is 2. The van der Waals surface area contributed by atoms with E-state index in [1.54, 1.807) is 12.1 Å². The number of anilines is 2. The standard InChI is InChI=1S/C12H16N2O4/c1-14(2)10-5-3-9(4-6-10)13-12(17)18-8-7-11(15)16/h3-6H,7-8H2,1-2H3,(H,13,17)(H,15,16). The summed E-state index contributed by atoms with van der Waals surface area (Å²) < 4.78 is 4.69. The van der Waals surface area contributed by atoms with Crippen molar-refractivity contribution in [3.8, 4) is 0 Å². The van der Waals surface area contributed by atoms with Gasteiger partial charge in [-0.1, -0.05) is 0 Å². The Hall–Kier alpha value is -2.24. The maximum atomic E-state index is 11.3. The minimum Gasteiger partial charge on any atom is -0.481 e. The summed E-state index contributed by atoms with van der Waals surface area (Å²) in [6, 6.07) is 7.20. The molecule has 0 aliphatic heterocycles. The van der Waals surface area contributed by atoms with Crippen LogP contribution in [-0.2, 0) is 9.53 Å². The number of carboxylic acids is 1. The molecule has 1 aromatic rings. The van der Waals surface area contributed by atoms with Gasteiger partial charge in [0, 0.05) is 25.5 Å². The molecule has 0 radical (unpaired) electrons. The summed E-state index contributed by atoms with van der Waals surface area (Å²) in [5, 5.41) is 10.9. The Morgan fingerprint density at radius 1 is 1.28 bits per heavy atom. The molecule has 0 aliphatic rings. The van der Waals surface area contributed by atoms with Crippen molar-refractivity contribution >= 4 is 23.4 Å². The lowest BCUT2D eigenvalue weighted by molar-refractivity contribution is -0.137. The second-order valence-electron chi connectivity index (χ2n) is 3.85. The first-order valence-electron chi connectivity index (χ1n) is 5.42. The predicted molar refractivity (Wildman–Crippen MR) is 68.0 cm³/mol. The van der Waals surface area contributed by atoms with E-state index in [-0.39, 0.29) is 13.0 Å². The van der Waals surface area contributed by atoms with Crippen LogP contribution >= 0.6 is 0 Å². The summed E-state index contributed by atoms with van der Waals surface area (Å²) in [6.07, 6.45) is -0.860. The van der Waals surface area contributed by atoms with Gasteiger partial charge in [0.1, 0.15) is 6.61 Å². The smallest absolute Gasteiger partial charge is 0.411 e. The second kappa shape index (κ2) is 6.48. The summed E-state index contributed by atoms with van der Waals surface area (Å²) in [5.74, 6) is -1.00. The van der Waals surface area contributed by atoms with Gasteiger partial charge in [0.05, 0.1) is 6.42 Å². The highest BCUT2D eigenvalue weighted by Gasteiger charge is 2.05. The van der Waals surface area contributed by atoms with E-state index in [9.17, 15) is 9.59 Å². The van der Waals surface area contributed by atoms with Crippen molar-refractivity contribution in [1.82, 2.24) is 0 Å². The third-order valence-corrected chi connectivity index (χ3v) is 2.18. The van der Waals surface area contributed by atoms with Crippen LogP contribution in [0.2, 0.25) is 0 Å². The van der Waals surface area contributed by atoms with Crippen LogP contribution in [0.25, 0.3) is 0 Å². The van der Waals surface area contributed by atoms with Crippen LogP contribution in [0.4, 0.5) is 16.2 Å². The van der Waals surface area contributed by atoms with Gasteiger partial charge in [-0.05, 0) is 24.3 Å². The highest BCUT2D eigenvalue weighted by atomic mass is 16.5.